The lowest BCUT2D eigenvalue weighted by molar-refractivity contribution is 0.102. The molecule has 8 heteroatoms. The Labute approximate surface area is 119 Å². The summed E-state index contributed by atoms with van der Waals surface area (Å²) in [4.78, 5) is 12.0. The molecule has 4 N–H and O–H groups in total. The lowest BCUT2D eigenvalue weighted by atomic mass is 10.2. The molecule has 0 saturated carbocycles. The monoisotopic (exact) mass is 290 g/mol. The van der Waals surface area contributed by atoms with Crippen LogP contribution < -0.4 is 10.6 Å². The molecule has 0 bridgehead atoms. The van der Waals surface area contributed by atoms with Crippen molar-refractivity contribution in [2.24, 2.45) is 0 Å². The molecule has 1 unspecified atom stereocenters. The van der Waals surface area contributed by atoms with E-state index in [1.165, 1.54) is 12.1 Å². The molecule has 1 aromatic carbocycles. The number of aromatic nitrogens is 2. The van der Waals surface area contributed by atoms with Crippen LogP contribution in [-0.4, -0.2) is 32.9 Å². The Hall–Kier alpha value is -2.61. The van der Waals surface area contributed by atoms with E-state index in [0.29, 0.717) is 5.89 Å². The second kappa shape index (κ2) is 5.41. The van der Waals surface area contributed by atoms with Crippen LogP contribution in [0.25, 0.3) is 0 Å². The quantitative estimate of drug-likeness (QED) is 0.626. The molecular formula is C13H14N4O4. The van der Waals surface area contributed by atoms with Crippen molar-refractivity contribution >= 4 is 11.9 Å². The molecule has 0 spiro atoms. The van der Waals surface area contributed by atoms with E-state index in [0.717, 1.165) is 25.5 Å². The van der Waals surface area contributed by atoms with E-state index in [1.54, 1.807) is 0 Å². The zero-order valence-corrected chi connectivity index (χ0v) is 11.0. The molecule has 2 aromatic rings. The molecule has 1 amide bonds. The van der Waals surface area contributed by atoms with Gasteiger partial charge in [0, 0.05) is 5.56 Å². The molecule has 1 atom stereocenters. The normalized spacial score (nSPS) is 17.8. The molecule has 1 aromatic heterocycles. The molecule has 0 aliphatic carbocycles. The van der Waals surface area contributed by atoms with Crippen LogP contribution in [0, 0.1) is 0 Å². The second-order valence-corrected chi connectivity index (χ2v) is 4.75. The number of phenols is 2. The summed E-state index contributed by atoms with van der Waals surface area (Å²) in [5.41, 5.74) is 0.170. The molecule has 3 rings (SSSR count). The summed E-state index contributed by atoms with van der Waals surface area (Å²) in [6.07, 6.45) is 1.96. The predicted molar refractivity (Wildman–Crippen MR) is 72.0 cm³/mol. The van der Waals surface area contributed by atoms with E-state index in [4.69, 9.17) is 4.42 Å². The number of anilines is 1. The Morgan fingerprint density at radius 3 is 2.90 bits per heavy atom. The molecular weight excluding hydrogens is 276 g/mol. The van der Waals surface area contributed by atoms with E-state index in [-0.39, 0.29) is 29.1 Å². The maximum absolute atomic E-state index is 12.0. The van der Waals surface area contributed by atoms with Gasteiger partial charge in [-0.05, 0) is 37.6 Å². The number of hydrogen-bond donors (Lipinski definition) is 4. The number of phenolic OH excluding ortho intramolecular Hbond substituents is 2. The Kier molecular flexibility index (Phi) is 3.44. The van der Waals surface area contributed by atoms with Crippen molar-refractivity contribution in [2.45, 2.75) is 18.9 Å². The van der Waals surface area contributed by atoms with Gasteiger partial charge >= 0.3 is 6.01 Å². The van der Waals surface area contributed by atoms with Gasteiger partial charge in [-0.3, -0.25) is 10.1 Å². The van der Waals surface area contributed by atoms with Crippen molar-refractivity contribution in [2.75, 3.05) is 11.9 Å². The minimum atomic E-state index is -0.514. The first-order valence-electron chi connectivity index (χ1n) is 6.53. The van der Waals surface area contributed by atoms with E-state index in [1.807, 2.05) is 0 Å². The highest BCUT2D eigenvalue weighted by molar-refractivity contribution is 6.03. The van der Waals surface area contributed by atoms with Gasteiger partial charge in [-0.15, -0.1) is 5.10 Å². The van der Waals surface area contributed by atoms with E-state index in [2.05, 4.69) is 20.8 Å². The number of nitrogens with one attached hydrogen (secondary N) is 2. The van der Waals surface area contributed by atoms with Crippen LogP contribution in [0.5, 0.6) is 11.5 Å². The van der Waals surface area contributed by atoms with Crippen molar-refractivity contribution in [3.63, 3.8) is 0 Å². The molecule has 8 nitrogen and oxygen atoms in total. The Morgan fingerprint density at radius 1 is 1.33 bits per heavy atom. The van der Waals surface area contributed by atoms with Gasteiger partial charge in [-0.2, -0.15) is 0 Å². The Balaban J connectivity index is 1.70. The average molecular weight is 290 g/mol. The Morgan fingerprint density at radius 2 is 2.19 bits per heavy atom. The fraction of sp³-hybridized carbons (Fsp3) is 0.308. The van der Waals surface area contributed by atoms with Crippen LogP contribution in [0.2, 0.25) is 0 Å². The summed E-state index contributed by atoms with van der Waals surface area (Å²) >= 11 is 0. The van der Waals surface area contributed by atoms with Crippen molar-refractivity contribution in [3.05, 3.63) is 29.7 Å². The predicted octanol–water partition coefficient (Wildman–Crippen LogP) is 1.16. The molecule has 1 aliphatic rings. The van der Waals surface area contributed by atoms with Crippen LogP contribution in [0.15, 0.2) is 22.6 Å². The average Bonchev–Trinajstić information content (AvgIpc) is 3.12. The van der Waals surface area contributed by atoms with Gasteiger partial charge in [0.05, 0.1) is 6.04 Å². The molecule has 1 saturated heterocycles. The third-order valence-electron chi connectivity index (χ3n) is 3.26. The molecule has 0 radical (unpaired) electrons. The van der Waals surface area contributed by atoms with Gasteiger partial charge < -0.3 is 19.9 Å². The van der Waals surface area contributed by atoms with Crippen LogP contribution >= 0.6 is 0 Å². The molecule has 21 heavy (non-hydrogen) atoms. The van der Waals surface area contributed by atoms with Crippen molar-refractivity contribution in [1.82, 2.24) is 15.5 Å². The van der Waals surface area contributed by atoms with Crippen LogP contribution in [-0.2, 0) is 0 Å². The zero-order valence-electron chi connectivity index (χ0n) is 11.0. The number of benzene rings is 1. The van der Waals surface area contributed by atoms with Gasteiger partial charge in [0.25, 0.3) is 5.91 Å². The highest BCUT2D eigenvalue weighted by Crippen LogP contribution is 2.26. The number of amides is 1. The van der Waals surface area contributed by atoms with E-state index in [9.17, 15) is 15.0 Å². The van der Waals surface area contributed by atoms with E-state index >= 15 is 0 Å². The number of carbonyl (C=O) groups is 1. The molecule has 1 fully saturated rings. The molecule has 110 valence electrons. The molecule has 2 heterocycles. The fourth-order valence-corrected chi connectivity index (χ4v) is 2.16. The second-order valence-electron chi connectivity index (χ2n) is 4.75. The maximum atomic E-state index is 12.0. The summed E-state index contributed by atoms with van der Waals surface area (Å²) in [6, 6.07) is 3.78. The zero-order chi connectivity index (χ0) is 14.8. The van der Waals surface area contributed by atoms with Crippen molar-refractivity contribution < 1.29 is 19.4 Å². The van der Waals surface area contributed by atoms with Gasteiger partial charge in [-0.25, -0.2) is 0 Å². The number of hydrogen-bond acceptors (Lipinski definition) is 7. The fourth-order valence-electron chi connectivity index (χ4n) is 2.16. The number of carbonyl (C=O) groups excluding carboxylic acids is 1. The third kappa shape index (κ3) is 2.79. The topological polar surface area (TPSA) is 121 Å². The van der Waals surface area contributed by atoms with E-state index < -0.39 is 5.91 Å². The summed E-state index contributed by atoms with van der Waals surface area (Å²) < 4.78 is 5.39. The Bertz CT molecular complexity index is 664. The summed E-state index contributed by atoms with van der Waals surface area (Å²) in [7, 11) is 0. The van der Waals surface area contributed by atoms with Crippen LogP contribution in [0.1, 0.15) is 35.1 Å². The smallest absolute Gasteiger partial charge is 0.322 e. The highest BCUT2D eigenvalue weighted by Gasteiger charge is 2.22. The standard InChI is InChI=1S/C13H14N4O4/c18-9-4-3-7(6-10(9)19)11(20)15-13-17-16-12(21-13)8-2-1-5-14-8/h3-4,6,8,14,18-19H,1-2,5H2,(H,15,17,20). The van der Waals surface area contributed by atoms with Gasteiger partial charge in [0.1, 0.15) is 0 Å². The minimum absolute atomic E-state index is 0.00346. The lowest BCUT2D eigenvalue weighted by Gasteiger charge is -2.04. The summed E-state index contributed by atoms with van der Waals surface area (Å²) in [5.74, 6) is -0.737. The first-order chi connectivity index (χ1) is 10.1. The summed E-state index contributed by atoms with van der Waals surface area (Å²) in [6.45, 7) is 0.904. The number of rotatable bonds is 3. The first-order valence-corrected chi connectivity index (χ1v) is 6.53. The highest BCUT2D eigenvalue weighted by atomic mass is 16.4. The van der Waals surface area contributed by atoms with Gasteiger partial charge in [-0.1, -0.05) is 5.10 Å². The molecule has 1 aliphatic heterocycles. The largest absolute Gasteiger partial charge is 0.504 e. The third-order valence-corrected chi connectivity index (χ3v) is 3.26. The lowest BCUT2D eigenvalue weighted by Crippen LogP contribution is -2.13. The summed E-state index contributed by atoms with van der Waals surface area (Å²) in [5, 5.41) is 31.9. The van der Waals surface area contributed by atoms with Gasteiger partial charge in [0.15, 0.2) is 11.5 Å². The van der Waals surface area contributed by atoms with Gasteiger partial charge in [0.2, 0.25) is 5.89 Å². The minimum Gasteiger partial charge on any atom is -0.504 e. The van der Waals surface area contributed by atoms with Crippen LogP contribution in [0.3, 0.4) is 0 Å². The number of aromatic hydroxyl groups is 2. The SMILES string of the molecule is O=C(Nc1nnc(C2CCCN2)o1)c1ccc(O)c(O)c1. The number of nitrogens with zero attached hydrogens (tertiary/aromatic N) is 2. The van der Waals surface area contributed by atoms with Crippen LogP contribution in [0.4, 0.5) is 6.01 Å². The first kappa shape index (κ1) is 13.4. The maximum Gasteiger partial charge on any atom is 0.322 e. The van der Waals surface area contributed by atoms with Crippen molar-refractivity contribution in [1.29, 1.82) is 0 Å². The van der Waals surface area contributed by atoms with Crippen molar-refractivity contribution in [3.8, 4) is 11.5 Å².